The first-order valence-electron chi connectivity index (χ1n) is 9.58. The van der Waals surface area contributed by atoms with E-state index in [1.165, 1.54) is 28.8 Å². The molecule has 0 aliphatic carbocycles. The molecule has 0 amide bonds. The van der Waals surface area contributed by atoms with Crippen LogP contribution in [-0.2, 0) is 19.5 Å². The molecule has 1 fully saturated rings. The molecule has 2 aliphatic heterocycles. The number of nitrogens with one attached hydrogen (secondary N) is 1. The van der Waals surface area contributed by atoms with Crippen LogP contribution in [0.3, 0.4) is 0 Å². The minimum absolute atomic E-state index is 0.364. The Morgan fingerprint density at radius 2 is 2.08 bits per heavy atom. The molecule has 0 unspecified atom stereocenters. The van der Waals surface area contributed by atoms with Crippen LogP contribution in [0.1, 0.15) is 66.9 Å². The predicted octanol–water partition coefficient (Wildman–Crippen LogP) is 3.58. The lowest BCUT2D eigenvalue weighted by atomic mass is 10.0. The summed E-state index contributed by atoms with van der Waals surface area (Å²) in [6.07, 6.45) is 5.49. The maximum absolute atomic E-state index is 4.87. The van der Waals surface area contributed by atoms with Gasteiger partial charge in [-0.25, -0.2) is 9.97 Å². The third kappa shape index (κ3) is 3.75. The van der Waals surface area contributed by atoms with E-state index < -0.39 is 0 Å². The van der Waals surface area contributed by atoms with E-state index in [0.29, 0.717) is 12.0 Å². The highest BCUT2D eigenvalue weighted by atomic mass is 15.1. The van der Waals surface area contributed by atoms with E-state index in [-0.39, 0.29) is 0 Å². The van der Waals surface area contributed by atoms with Gasteiger partial charge in [0.15, 0.2) is 0 Å². The van der Waals surface area contributed by atoms with Crippen LogP contribution in [0, 0.1) is 0 Å². The fourth-order valence-electron chi connectivity index (χ4n) is 3.86. The van der Waals surface area contributed by atoms with Crippen LogP contribution in [-0.4, -0.2) is 28.0 Å². The monoisotopic (exact) mass is 336 g/mol. The third-order valence-corrected chi connectivity index (χ3v) is 5.46. The summed E-state index contributed by atoms with van der Waals surface area (Å²) in [7, 11) is 0. The number of rotatable bonds is 4. The zero-order valence-corrected chi connectivity index (χ0v) is 15.3. The van der Waals surface area contributed by atoms with Gasteiger partial charge in [0.05, 0.1) is 6.04 Å². The summed E-state index contributed by atoms with van der Waals surface area (Å²) in [5, 5.41) is 3.50. The van der Waals surface area contributed by atoms with Gasteiger partial charge in [-0.3, -0.25) is 4.90 Å². The van der Waals surface area contributed by atoms with Crippen molar-refractivity contribution in [1.29, 1.82) is 0 Å². The molecule has 1 aromatic carbocycles. The second-order valence-corrected chi connectivity index (χ2v) is 7.71. The molecular weight excluding hydrogens is 308 g/mol. The van der Waals surface area contributed by atoms with E-state index in [2.05, 4.69) is 59.5 Å². The van der Waals surface area contributed by atoms with Crippen molar-refractivity contribution in [1.82, 2.24) is 20.2 Å². The van der Waals surface area contributed by atoms with Crippen LogP contribution in [0.4, 0.5) is 0 Å². The zero-order chi connectivity index (χ0) is 17.2. The van der Waals surface area contributed by atoms with E-state index in [9.17, 15) is 0 Å². The lowest BCUT2D eigenvalue weighted by Crippen LogP contribution is -2.31. The van der Waals surface area contributed by atoms with Crippen molar-refractivity contribution in [3.8, 4) is 0 Å². The van der Waals surface area contributed by atoms with Crippen molar-refractivity contribution < 1.29 is 0 Å². The van der Waals surface area contributed by atoms with Crippen LogP contribution >= 0.6 is 0 Å². The number of hydrogen-bond acceptors (Lipinski definition) is 4. The molecule has 4 heteroatoms. The molecule has 0 spiro atoms. The summed E-state index contributed by atoms with van der Waals surface area (Å²) in [6.45, 7) is 8.61. The molecule has 132 valence electrons. The predicted molar refractivity (Wildman–Crippen MR) is 100 cm³/mol. The number of hydrogen-bond donors (Lipinski definition) is 1. The molecule has 2 aromatic rings. The Balaban J connectivity index is 1.42. The second kappa shape index (κ2) is 7.22. The van der Waals surface area contributed by atoms with Gasteiger partial charge >= 0.3 is 0 Å². The fourth-order valence-corrected chi connectivity index (χ4v) is 3.86. The van der Waals surface area contributed by atoms with E-state index in [1.807, 2.05) is 0 Å². The zero-order valence-electron chi connectivity index (χ0n) is 15.3. The minimum atomic E-state index is 0.364. The van der Waals surface area contributed by atoms with Crippen LogP contribution < -0.4 is 5.32 Å². The average molecular weight is 336 g/mol. The SMILES string of the molecule is CC(C)c1ccc(CN2CCc3nc([C@H]4CCCN4)ncc3C2)cc1. The fraction of sp³-hybridized carbons (Fsp3) is 0.524. The third-order valence-electron chi connectivity index (χ3n) is 5.46. The molecular formula is C21H28N4. The topological polar surface area (TPSA) is 41.1 Å². The number of aromatic nitrogens is 2. The van der Waals surface area contributed by atoms with Crippen molar-refractivity contribution in [3.05, 3.63) is 58.7 Å². The molecule has 1 saturated heterocycles. The van der Waals surface area contributed by atoms with Gasteiger partial charge in [0.25, 0.3) is 0 Å². The van der Waals surface area contributed by atoms with Gasteiger partial charge in [0.2, 0.25) is 0 Å². The first-order chi connectivity index (χ1) is 12.2. The molecule has 1 aromatic heterocycles. The van der Waals surface area contributed by atoms with Gasteiger partial charge in [0, 0.05) is 43.5 Å². The number of fused-ring (bicyclic) bond motifs is 1. The summed E-state index contributed by atoms with van der Waals surface area (Å²) < 4.78 is 0. The summed E-state index contributed by atoms with van der Waals surface area (Å²) in [4.78, 5) is 12.0. The van der Waals surface area contributed by atoms with Crippen LogP contribution in [0.25, 0.3) is 0 Å². The van der Waals surface area contributed by atoms with Gasteiger partial charge in [0.1, 0.15) is 5.82 Å². The summed E-state index contributed by atoms with van der Waals surface area (Å²) in [5.74, 6) is 1.59. The largest absolute Gasteiger partial charge is 0.307 e. The Hall–Kier alpha value is -1.78. The molecule has 0 bridgehead atoms. The normalized spacial score (nSPS) is 20.8. The summed E-state index contributed by atoms with van der Waals surface area (Å²) in [6, 6.07) is 9.44. The van der Waals surface area contributed by atoms with Crippen molar-refractivity contribution in [3.63, 3.8) is 0 Å². The van der Waals surface area contributed by atoms with Gasteiger partial charge in [-0.05, 0) is 36.4 Å². The highest BCUT2D eigenvalue weighted by Crippen LogP contribution is 2.24. The summed E-state index contributed by atoms with van der Waals surface area (Å²) >= 11 is 0. The first kappa shape index (κ1) is 16.7. The highest BCUT2D eigenvalue weighted by Gasteiger charge is 2.23. The maximum Gasteiger partial charge on any atom is 0.145 e. The molecule has 4 nitrogen and oxygen atoms in total. The van der Waals surface area contributed by atoms with Crippen molar-refractivity contribution in [2.45, 2.75) is 58.2 Å². The Kier molecular flexibility index (Phi) is 4.82. The lowest BCUT2D eigenvalue weighted by molar-refractivity contribution is 0.242. The summed E-state index contributed by atoms with van der Waals surface area (Å²) in [5.41, 5.74) is 5.35. The molecule has 0 saturated carbocycles. The molecule has 2 aliphatic rings. The van der Waals surface area contributed by atoms with Crippen LogP contribution in [0.5, 0.6) is 0 Å². The highest BCUT2D eigenvalue weighted by molar-refractivity contribution is 5.26. The van der Waals surface area contributed by atoms with E-state index in [0.717, 1.165) is 44.8 Å². The Labute approximate surface area is 150 Å². The molecule has 4 rings (SSSR count). The van der Waals surface area contributed by atoms with Crippen molar-refractivity contribution in [2.75, 3.05) is 13.1 Å². The average Bonchev–Trinajstić information content (AvgIpc) is 3.16. The Morgan fingerprint density at radius 3 is 2.80 bits per heavy atom. The van der Waals surface area contributed by atoms with Crippen LogP contribution in [0.2, 0.25) is 0 Å². The minimum Gasteiger partial charge on any atom is -0.307 e. The quantitative estimate of drug-likeness (QED) is 0.926. The molecule has 3 heterocycles. The smallest absolute Gasteiger partial charge is 0.145 e. The van der Waals surface area contributed by atoms with E-state index >= 15 is 0 Å². The van der Waals surface area contributed by atoms with Gasteiger partial charge in [-0.1, -0.05) is 38.1 Å². The number of nitrogens with zero attached hydrogens (tertiary/aromatic N) is 3. The lowest BCUT2D eigenvalue weighted by Gasteiger charge is -2.28. The van der Waals surface area contributed by atoms with Crippen LogP contribution in [0.15, 0.2) is 30.5 Å². The van der Waals surface area contributed by atoms with Gasteiger partial charge in [-0.2, -0.15) is 0 Å². The molecule has 1 N–H and O–H groups in total. The van der Waals surface area contributed by atoms with Gasteiger partial charge < -0.3 is 5.32 Å². The molecule has 0 radical (unpaired) electrons. The van der Waals surface area contributed by atoms with E-state index in [1.54, 1.807) is 0 Å². The Morgan fingerprint density at radius 1 is 1.24 bits per heavy atom. The second-order valence-electron chi connectivity index (χ2n) is 7.71. The first-order valence-corrected chi connectivity index (χ1v) is 9.58. The van der Waals surface area contributed by atoms with E-state index in [4.69, 9.17) is 4.98 Å². The van der Waals surface area contributed by atoms with Crippen molar-refractivity contribution in [2.24, 2.45) is 0 Å². The van der Waals surface area contributed by atoms with Gasteiger partial charge in [-0.15, -0.1) is 0 Å². The van der Waals surface area contributed by atoms with Crippen molar-refractivity contribution >= 4 is 0 Å². The molecule has 25 heavy (non-hydrogen) atoms. The Bertz CT molecular complexity index is 717. The standard InChI is InChI=1S/C21H28N4/c1-15(2)17-7-5-16(6-8-17)13-25-11-9-19-18(14-25)12-23-21(24-19)20-4-3-10-22-20/h5-8,12,15,20,22H,3-4,9-11,13-14H2,1-2H3/t20-/m1/s1. The maximum atomic E-state index is 4.87. The molecule has 1 atom stereocenters. The number of benzene rings is 1.